The van der Waals surface area contributed by atoms with Crippen molar-refractivity contribution in [3.8, 4) is 5.75 Å². The molecule has 1 amide bonds. The summed E-state index contributed by atoms with van der Waals surface area (Å²) in [5, 5.41) is 3.94. The van der Waals surface area contributed by atoms with Crippen molar-refractivity contribution in [3.63, 3.8) is 0 Å². The van der Waals surface area contributed by atoms with Crippen molar-refractivity contribution in [2.75, 3.05) is 0 Å². The highest BCUT2D eigenvalue weighted by Crippen LogP contribution is 2.14. The lowest BCUT2D eigenvalue weighted by Crippen LogP contribution is -2.17. The smallest absolute Gasteiger partial charge is 0.271 e. The molecule has 130 valence electrons. The largest absolute Gasteiger partial charge is 0.489 e. The van der Waals surface area contributed by atoms with Crippen molar-refractivity contribution in [1.82, 2.24) is 10.4 Å². The average Bonchev–Trinajstić information content (AvgIpc) is 2.69. The van der Waals surface area contributed by atoms with Crippen LogP contribution in [0.25, 0.3) is 0 Å². The molecule has 3 aromatic rings. The Bertz CT molecular complexity index is 873. The summed E-state index contributed by atoms with van der Waals surface area (Å²) in [6.07, 6.45) is 4.90. The summed E-state index contributed by atoms with van der Waals surface area (Å²) in [7, 11) is 0. The van der Waals surface area contributed by atoms with Gasteiger partial charge in [-0.25, -0.2) is 5.43 Å². The van der Waals surface area contributed by atoms with E-state index in [0.717, 1.165) is 11.1 Å². The quantitative estimate of drug-likeness (QED) is 0.547. The predicted octanol–water partition coefficient (Wildman–Crippen LogP) is 3.73. The molecule has 1 aromatic heterocycles. The fraction of sp³-hybridized carbons (Fsp3) is 0.0952. The third kappa shape index (κ3) is 5.01. The summed E-state index contributed by atoms with van der Waals surface area (Å²) in [5.74, 6) is 0.433. The molecule has 5 nitrogen and oxygen atoms in total. The van der Waals surface area contributed by atoms with Gasteiger partial charge in [-0.3, -0.25) is 9.78 Å². The molecule has 0 aliphatic heterocycles. The van der Waals surface area contributed by atoms with Gasteiger partial charge >= 0.3 is 0 Å². The third-order valence-electron chi connectivity index (χ3n) is 3.73. The zero-order chi connectivity index (χ0) is 18.2. The maximum atomic E-state index is 12.1. The van der Waals surface area contributed by atoms with Crippen LogP contribution in [0.5, 0.6) is 5.75 Å². The molecule has 0 radical (unpaired) electrons. The highest BCUT2D eigenvalue weighted by Gasteiger charge is 2.04. The lowest BCUT2D eigenvalue weighted by molar-refractivity contribution is 0.0955. The maximum Gasteiger partial charge on any atom is 0.271 e. The molecule has 26 heavy (non-hydrogen) atoms. The Kier molecular flexibility index (Phi) is 5.72. The van der Waals surface area contributed by atoms with Crippen LogP contribution in [-0.2, 0) is 6.61 Å². The van der Waals surface area contributed by atoms with E-state index in [4.69, 9.17) is 4.74 Å². The second-order valence-corrected chi connectivity index (χ2v) is 5.78. The number of hydrazone groups is 1. The molecule has 0 atom stereocenters. The molecule has 1 heterocycles. The minimum atomic E-state index is -0.277. The number of benzene rings is 2. The van der Waals surface area contributed by atoms with Gasteiger partial charge in [0.05, 0.1) is 6.21 Å². The van der Waals surface area contributed by atoms with Crippen LogP contribution in [0.4, 0.5) is 0 Å². The zero-order valence-corrected chi connectivity index (χ0v) is 14.4. The van der Waals surface area contributed by atoms with E-state index in [2.05, 4.69) is 34.6 Å². The minimum absolute atomic E-state index is 0.277. The van der Waals surface area contributed by atoms with E-state index < -0.39 is 0 Å². The number of rotatable bonds is 6. The van der Waals surface area contributed by atoms with Crippen LogP contribution in [0, 0.1) is 6.92 Å². The Morgan fingerprint density at radius 2 is 1.73 bits per heavy atom. The van der Waals surface area contributed by atoms with E-state index >= 15 is 0 Å². The molecule has 0 bridgehead atoms. The van der Waals surface area contributed by atoms with Gasteiger partial charge in [-0.1, -0.05) is 29.8 Å². The van der Waals surface area contributed by atoms with Crippen LogP contribution < -0.4 is 10.2 Å². The lowest BCUT2D eigenvalue weighted by Gasteiger charge is -2.07. The molecule has 2 aromatic carbocycles. The molecule has 0 aliphatic carbocycles. The van der Waals surface area contributed by atoms with Gasteiger partial charge in [0.15, 0.2) is 0 Å². The molecular weight excluding hydrogens is 326 g/mol. The van der Waals surface area contributed by atoms with Gasteiger partial charge in [0, 0.05) is 18.0 Å². The number of pyridine rings is 1. The fourth-order valence-electron chi connectivity index (χ4n) is 2.23. The van der Waals surface area contributed by atoms with Crippen molar-refractivity contribution in [3.05, 3.63) is 95.3 Å². The monoisotopic (exact) mass is 345 g/mol. The number of nitrogens with one attached hydrogen (secondary N) is 1. The van der Waals surface area contributed by atoms with E-state index in [1.54, 1.807) is 55.0 Å². The number of carbonyl (C=O) groups excluding carboxylic acids is 1. The van der Waals surface area contributed by atoms with Gasteiger partial charge in [-0.2, -0.15) is 5.10 Å². The lowest BCUT2D eigenvalue weighted by atomic mass is 10.2. The number of carbonyl (C=O) groups is 1. The molecule has 0 unspecified atom stereocenters. The van der Waals surface area contributed by atoms with Gasteiger partial charge in [-0.15, -0.1) is 0 Å². The summed E-state index contributed by atoms with van der Waals surface area (Å²) in [6.45, 7) is 2.54. The van der Waals surface area contributed by atoms with Crippen LogP contribution in [-0.4, -0.2) is 17.1 Å². The van der Waals surface area contributed by atoms with Crippen LogP contribution in [0.3, 0.4) is 0 Å². The summed E-state index contributed by atoms with van der Waals surface area (Å²) in [6, 6.07) is 18.8. The Morgan fingerprint density at radius 3 is 2.42 bits per heavy atom. The molecule has 3 rings (SSSR count). The highest BCUT2D eigenvalue weighted by molar-refractivity contribution is 5.94. The Hall–Kier alpha value is -3.47. The van der Waals surface area contributed by atoms with E-state index in [9.17, 15) is 4.79 Å². The first-order valence-corrected chi connectivity index (χ1v) is 8.22. The first-order chi connectivity index (χ1) is 12.7. The van der Waals surface area contributed by atoms with E-state index in [1.807, 2.05) is 12.1 Å². The number of ether oxygens (including phenoxy) is 1. The van der Waals surface area contributed by atoms with E-state index in [0.29, 0.717) is 17.9 Å². The van der Waals surface area contributed by atoms with Crippen molar-refractivity contribution in [1.29, 1.82) is 0 Å². The van der Waals surface area contributed by atoms with Gasteiger partial charge in [0.1, 0.15) is 12.4 Å². The highest BCUT2D eigenvalue weighted by atomic mass is 16.5. The van der Waals surface area contributed by atoms with Crippen LogP contribution in [0.15, 0.2) is 78.2 Å². The van der Waals surface area contributed by atoms with E-state index in [1.165, 1.54) is 5.56 Å². The third-order valence-corrected chi connectivity index (χ3v) is 3.73. The number of hydrogen-bond donors (Lipinski definition) is 1. The molecule has 1 N–H and O–H groups in total. The number of aromatic nitrogens is 1. The normalized spacial score (nSPS) is 10.7. The van der Waals surface area contributed by atoms with Gasteiger partial charge in [-0.05, 0) is 54.4 Å². The second kappa shape index (κ2) is 8.58. The summed E-state index contributed by atoms with van der Waals surface area (Å²) in [4.78, 5) is 16.0. The number of amides is 1. The fourth-order valence-corrected chi connectivity index (χ4v) is 2.23. The molecule has 0 aliphatic rings. The van der Waals surface area contributed by atoms with Gasteiger partial charge in [0.2, 0.25) is 0 Å². The SMILES string of the molecule is Cc1ccc(COc2ccc(C(=O)N/N=C\c3ccncc3)cc2)cc1. The Labute approximate surface area is 152 Å². The molecule has 0 saturated heterocycles. The standard InChI is InChI=1S/C21H19N3O2/c1-16-2-4-18(5-3-16)15-26-20-8-6-19(7-9-20)21(25)24-23-14-17-10-12-22-13-11-17/h2-14H,15H2,1H3,(H,24,25)/b23-14-. The molecule has 0 spiro atoms. The van der Waals surface area contributed by atoms with Crippen LogP contribution in [0.2, 0.25) is 0 Å². The first kappa shape index (κ1) is 17.4. The maximum absolute atomic E-state index is 12.1. The molecule has 5 heteroatoms. The summed E-state index contributed by atoms with van der Waals surface area (Å²) in [5.41, 5.74) is 6.19. The topological polar surface area (TPSA) is 63.6 Å². The van der Waals surface area contributed by atoms with Crippen molar-refractivity contribution < 1.29 is 9.53 Å². The van der Waals surface area contributed by atoms with Crippen molar-refractivity contribution in [2.45, 2.75) is 13.5 Å². The van der Waals surface area contributed by atoms with Gasteiger partial charge < -0.3 is 4.74 Å². The number of hydrogen-bond acceptors (Lipinski definition) is 4. The van der Waals surface area contributed by atoms with Crippen LogP contribution >= 0.6 is 0 Å². The Morgan fingerprint density at radius 1 is 1.04 bits per heavy atom. The van der Waals surface area contributed by atoms with Crippen LogP contribution in [0.1, 0.15) is 27.0 Å². The summed E-state index contributed by atoms with van der Waals surface area (Å²) < 4.78 is 5.74. The average molecular weight is 345 g/mol. The van der Waals surface area contributed by atoms with Crippen molar-refractivity contribution in [2.24, 2.45) is 5.10 Å². The predicted molar refractivity (Wildman–Crippen MR) is 101 cm³/mol. The van der Waals surface area contributed by atoms with Gasteiger partial charge in [0.25, 0.3) is 5.91 Å². The number of nitrogens with zero attached hydrogens (tertiary/aromatic N) is 2. The van der Waals surface area contributed by atoms with Crippen molar-refractivity contribution >= 4 is 12.1 Å². The summed E-state index contributed by atoms with van der Waals surface area (Å²) >= 11 is 0. The zero-order valence-electron chi connectivity index (χ0n) is 14.4. The Balaban J connectivity index is 1.52. The second-order valence-electron chi connectivity index (χ2n) is 5.78. The molecule has 0 saturated carbocycles. The first-order valence-electron chi connectivity index (χ1n) is 8.22. The number of aryl methyl sites for hydroxylation is 1. The van der Waals surface area contributed by atoms with E-state index in [-0.39, 0.29) is 5.91 Å². The minimum Gasteiger partial charge on any atom is -0.489 e. The molecular formula is C21H19N3O2. The molecule has 0 fully saturated rings.